The number of carbonyl (C=O) groups excluding carboxylic acids is 2. The molecule has 0 N–H and O–H groups in total. The van der Waals surface area contributed by atoms with Crippen LogP contribution in [0.25, 0.3) is 0 Å². The Labute approximate surface area is 112 Å². The van der Waals surface area contributed by atoms with E-state index in [1.165, 1.54) is 0 Å². The van der Waals surface area contributed by atoms with E-state index in [1.54, 1.807) is 13.8 Å². The molecule has 108 valence electrons. The van der Waals surface area contributed by atoms with Crippen molar-refractivity contribution in [3.8, 4) is 0 Å². The number of carbonyl (C=O) groups is 2. The molecule has 2 aliphatic heterocycles. The first-order valence-electron chi connectivity index (χ1n) is 6.76. The van der Waals surface area contributed by atoms with E-state index in [9.17, 15) is 9.59 Å². The molecule has 2 aliphatic rings. The lowest BCUT2D eigenvalue weighted by Crippen LogP contribution is -2.48. The standard InChI is InChI=1S/C13H20O6/c1-3-16-11(14)9-5-7-18-13(9)10(6-8-19-13)12(15)17-4-2/h9-10H,3-8H2,1-2H3/t9-,10-,13?/m0/s1. The van der Waals surface area contributed by atoms with Gasteiger partial charge in [-0.3, -0.25) is 9.59 Å². The highest BCUT2D eigenvalue weighted by Gasteiger charge is 2.61. The second-order valence-corrected chi connectivity index (χ2v) is 4.60. The summed E-state index contributed by atoms with van der Waals surface area (Å²) < 4.78 is 21.4. The van der Waals surface area contributed by atoms with Crippen LogP contribution >= 0.6 is 0 Å². The van der Waals surface area contributed by atoms with Gasteiger partial charge in [-0.25, -0.2) is 0 Å². The van der Waals surface area contributed by atoms with E-state index in [4.69, 9.17) is 18.9 Å². The van der Waals surface area contributed by atoms with Gasteiger partial charge < -0.3 is 18.9 Å². The third kappa shape index (κ3) is 2.47. The van der Waals surface area contributed by atoms with Crippen molar-refractivity contribution >= 4 is 11.9 Å². The second-order valence-electron chi connectivity index (χ2n) is 4.60. The fourth-order valence-electron chi connectivity index (χ4n) is 2.81. The predicted molar refractivity (Wildman–Crippen MR) is 64.1 cm³/mol. The summed E-state index contributed by atoms with van der Waals surface area (Å²) in [6.07, 6.45) is 1.02. The van der Waals surface area contributed by atoms with Gasteiger partial charge in [-0.15, -0.1) is 0 Å². The average molecular weight is 272 g/mol. The first-order valence-corrected chi connectivity index (χ1v) is 6.76. The number of hydrogen-bond acceptors (Lipinski definition) is 6. The van der Waals surface area contributed by atoms with Crippen LogP contribution in [0.4, 0.5) is 0 Å². The van der Waals surface area contributed by atoms with Gasteiger partial charge in [0.15, 0.2) is 5.79 Å². The number of esters is 2. The molecule has 0 unspecified atom stereocenters. The first-order chi connectivity index (χ1) is 9.15. The Bertz CT molecular complexity index is 319. The molecule has 0 aromatic heterocycles. The van der Waals surface area contributed by atoms with E-state index in [2.05, 4.69) is 0 Å². The zero-order valence-corrected chi connectivity index (χ0v) is 11.3. The molecule has 1 spiro atoms. The Hall–Kier alpha value is -1.14. The van der Waals surface area contributed by atoms with Crippen LogP contribution in [0, 0.1) is 11.8 Å². The Balaban J connectivity index is 2.18. The van der Waals surface area contributed by atoms with Gasteiger partial charge >= 0.3 is 11.9 Å². The molecule has 0 radical (unpaired) electrons. The van der Waals surface area contributed by atoms with Crippen LogP contribution in [0.1, 0.15) is 26.7 Å². The van der Waals surface area contributed by atoms with Crippen molar-refractivity contribution in [3.05, 3.63) is 0 Å². The molecule has 0 aliphatic carbocycles. The van der Waals surface area contributed by atoms with Crippen molar-refractivity contribution in [1.82, 2.24) is 0 Å². The van der Waals surface area contributed by atoms with Crippen LogP contribution in [-0.2, 0) is 28.5 Å². The maximum absolute atomic E-state index is 12.0. The van der Waals surface area contributed by atoms with Crippen LogP contribution in [0.2, 0.25) is 0 Å². The topological polar surface area (TPSA) is 71.1 Å². The van der Waals surface area contributed by atoms with Gasteiger partial charge in [-0.1, -0.05) is 0 Å². The molecule has 2 saturated heterocycles. The van der Waals surface area contributed by atoms with Crippen molar-refractivity contribution in [2.75, 3.05) is 26.4 Å². The molecule has 6 nitrogen and oxygen atoms in total. The van der Waals surface area contributed by atoms with Crippen molar-refractivity contribution < 1.29 is 28.5 Å². The normalized spacial score (nSPS) is 28.5. The summed E-state index contributed by atoms with van der Waals surface area (Å²) in [5, 5.41) is 0. The van der Waals surface area contributed by atoms with Crippen molar-refractivity contribution in [3.63, 3.8) is 0 Å². The molecule has 0 bridgehead atoms. The van der Waals surface area contributed by atoms with Crippen LogP contribution in [0.15, 0.2) is 0 Å². The van der Waals surface area contributed by atoms with Crippen molar-refractivity contribution in [1.29, 1.82) is 0 Å². The highest BCUT2D eigenvalue weighted by Crippen LogP contribution is 2.46. The van der Waals surface area contributed by atoms with Crippen molar-refractivity contribution in [2.24, 2.45) is 11.8 Å². The summed E-state index contributed by atoms with van der Waals surface area (Å²) >= 11 is 0. The zero-order valence-electron chi connectivity index (χ0n) is 11.3. The molecule has 6 heteroatoms. The summed E-state index contributed by atoms with van der Waals surface area (Å²) in [4.78, 5) is 24.0. The highest BCUT2D eigenvalue weighted by molar-refractivity contribution is 5.79. The van der Waals surface area contributed by atoms with E-state index in [0.29, 0.717) is 39.3 Å². The summed E-state index contributed by atoms with van der Waals surface area (Å²) in [5.41, 5.74) is 0. The van der Waals surface area contributed by atoms with Gasteiger partial charge in [0.05, 0.1) is 26.4 Å². The molecule has 0 aromatic carbocycles. The Morgan fingerprint density at radius 3 is 1.79 bits per heavy atom. The molecule has 0 amide bonds. The minimum atomic E-state index is -1.18. The van der Waals surface area contributed by atoms with Gasteiger partial charge in [0.25, 0.3) is 0 Å². The van der Waals surface area contributed by atoms with E-state index < -0.39 is 17.6 Å². The smallest absolute Gasteiger partial charge is 0.314 e. The first kappa shape index (κ1) is 14.3. The quantitative estimate of drug-likeness (QED) is 0.708. The molecule has 0 aromatic rings. The fraction of sp³-hybridized carbons (Fsp3) is 0.846. The number of hydrogen-bond donors (Lipinski definition) is 0. The monoisotopic (exact) mass is 272 g/mol. The van der Waals surface area contributed by atoms with Crippen LogP contribution in [-0.4, -0.2) is 44.2 Å². The van der Waals surface area contributed by atoms with E-state index >= 15 is 0 Å². The van der Waals surface area contributed by atoms with E-state index in [-0.39, 0.29) is 11.9 Å². The number of rotatable bonds is 4. The molecule has 2 heterocycles. The summed E-state index contributed by atoms with van der Waals surface area (Å²) in [5.74, 6) is -3.01. The zero-order chi connectivity index (χ0) is 13.9. The van der Waals surface area contributed by atoms with Crippen LogP contribution in [0.3, 0.4) is 0 Å². The fourth-order valence-corrected chi connectivity index (χ4v) is 2.81. The van der Waals surface area contributed by atoms with E-state index in [1.807, 2.05) is 0 Å². The molecule has 0 saturated carbocycles. The van der Waals surface area contributed by atoms with Gasteiger partial charge in [0.1, 0.15) is 11.8 Å². The maximum atomic E-state index is 12.0. The lowest BCUT2D eigenvalue weighted by Gasteiger charge is -2.32. The third-order valence-electron chi connectivity index (χ3n) is 3.58. The average Bonchev–Trinajstić information content (AvgIpc) is 2.98. The lowest BCUT2D eigenvalue weighted by atomic mass is 9.86. The largest absolute Gasteiger partial charge is 0.466 e. The third-order valence-corrected chi connectivity index (χ3v) is 3.58. The van der Waals surface area contributed by atoms with Crippen LogP contribution < -0.4 is 0 Å². The molecular formula is C13H20O6. The Morgan fingerprint density at radius 2 is 1.42 bits per heavy atom. The molecule has 2 atom stereocenters. The summed E-state index contributed by atoms with van der Waals surface area (Å²) in [6.45, 7) is 4.88. The number of ether oxygens (including phenoxy) is 4. The Morgan fingerprint density at radius 1 is 1.00 bits per heavy atom. The lowest BCUT2D eigenvalue weighted by molar-refractivity contribution is -0.232. The van der Waals surface area contributed by atoms with E-state index in [0.717, 1.165) is 0 Å². The molecule has 2 rings (SSSR count). The highest BCUT2D eigenvalue weighted by atomic mass is 16.7. The second kappa shape index (κ2) is 5.88. The SMILES string of the molecule is CCOC(=O)[C@@H]1CCOC12OCC[C@H]2C(=O)OCC. The summed E-state index contributed by atoms with van der Waals surface area (Å²) in [7, 11) is 0. The van der Waals surface area contributed by atoms with Crippen molar-refractivity contribution in [2.45, 2.75) is 32.5 Å². The van der Waals surface area contributed by atoms with Gasteiger partial charge in [0, 0.05) is 0 Å². The molecular weight excluding hydrogens is 252 g/mol. The summed E-state index contributed by atoms with van der Waals surface area (Å²) in [6, 6.07) is 0. The molecule has 19 heavy (non-hydrogen) atoms. The Kier molecular flexibility index (Phi) is 4.42. The maximum Gasteiger partial charge on any atom is 0.314 e. The van der Waals surface area contributed by atoms with Gasteiger partial charge in [-0.2, -0.15) is 0 Å². The van der Waals surface area contributed by atoms with Crippen LogP contribution in [0.5, 0.6) is 0 Å². The van der Waals surface area contributed by atoms with Gasteiger partial charge in [-0.05, 0) is 26.7 Å². The molecule has 2 fully saturated rings. The van der Waals surface area contributed by atoms with Gasteiger partial charge in [0.2, 0.25) is 0 Å². The minimum absolute atomic E-state index is 0.301. The minimum Gasteiger partial charge on any atom is -0.466 e. The predicted octanol–water partition coefficient (Wildman–Crippen LogP) is 0.882.